The quantitative estimate of drug-likeness (QED) is 0.287. The Morgan fingerprint density at radius 1 is 1.03 bits per heavy atom. The van der Waals surface area contributed by atoms with Crippen molar-refractivity contribution in [2.45, 2.75) is 31.7 Å². The van der Waals surface area contributed by atoms with Gasteiger partial charge in [0.1, 0.15) is 5.82 Å². The second-order valence-corrected chi connectivity index (χ2v) is 8.73. The highest BCUT2D eigenvalue weighted by Gasteiger charge is 2.06. The van der Waals surface area contributed by atoms with Crippen LogP contribution < -0.4 is 15.5 Å². The topological polar surface area (TPSA) is 86.7 Å². The number of nitrogens with one attached hydrogen (secondary N) is 2. The molecule has 0 atom stereocenters. The molecule has 0 radical (unpaired) electrons. The van der Waals surface area contributed by atoms with Gasteiger partial charge in [-0.2, -0.15) is 0 Å². The Hall–Kier alpha value is -1.88. The van der Waals surface area contributed by atoms with Crippen LogP contribution >= 0.6 is 24.0 Å². The SMILES string of the molecule is CCN(CC)c1ccc(CNC(=NC)NCCc2ccc(S(C)(=O)=O)cc2)cn1.I. The predicted octanol–water partition coefficient (Wildman–Crippen LogP) is 2.86. The number of hydrogen-bond acceptors (Lipinski definition) is 5. The Labute approximate surface area is 197 Å². The third-order valence-corrected chi connectivity index (χ3v) is 5.77. The van der Waals surface area contributed by atoms with E-state index < -0.39 is 9.84 Å². The van der Waals surface area contributed by atoms with Crippen molar-refractivity contribution in [1.29, 1.82) is 0 Å². The maximum atomic E-state index is 11.5. The Morgan fingerprint density at radius 2 is 1.67 bits per heavy atom. The molecule has 0 bridgehead atoms. The summed E-state index contributed by atoms with van der Waals surface area (Å²) in [5.41, 5.74) is 2.15. The molecule has 0 saturated heterocycles. The number of sulfone groups is 1. The standard InChI is InChI=1S/C21H31N5O2S.HI/c1-5-26(6-2)20-12-9-18(15-24-20)16-25-21(22-3)23-14-13-17-7-10-19(11-8-17)29(4,27)28;/h7-12,15H,5-6,13-14,16H2,1-4H3,(H2,22,23,25);1H. The van der Waals surface area contributed by atoms with Crippen LogP contribution in [0.3, 0.4) is 0 Å². The van der Waals surface area contributed by atoms with E-state index in [1.54, 1.807) is 19.2 Å². The van der Waals surface area contributed by atoms with Crippen molar-refractivity contribution >= 4 is 45.6 Å². The van der Waals surface area contributed by atoms with Gasteiger partial charge >= 0.3 is 0 Å². The van der Waals surface area contributed by atoms with Gasteiger partial charge in [0, 0.05) is 45.7 Å². The number of guanidine groups is 1. The molecule has 30 heavy (non-hydrogen) atoms. The van der Waals surface area contributed by atoms with Crippen LogP contribution in [-0.2, 0) is 22.8 Å². The predicted molar refractivity (Wildman–Crippen MR) is 135 cm³/mol. The van der Waals surface area contributed by atoms with Crippen molar-refractivity contribution in [2.75, 3.05) is 37.8 Å². The molecular weight excluding hydrogens is 513 g/mol. The van der Waals surface area contributed by atoms with Crippen LogP contribution in [0.5, 0.6) is 0 Å². The lowest BCUT2D eigenvalue weighted by molar-refractivity contribution is 0.602. The minimum absolute atomic E-state index is 0. The minimum atomic E-state index is -3.15. The molecule has 0 saturated carbocycles. The van der Waals surface area contributed by atoms with E-state index in [-0.39, 0.29) is 24.0 Å². The van der Waals surface area contributed by atoms with Crippen molar-refractivity contribution in [2.24, 2.45) is 4.99 Å². The molecule has 2 rings (SSSR count). The summed E-state index contributed by atoms with van der Waals surface area (Å²) >= 11 is 0. The monoisotopic (exact) mass is 545 g/mol. The number of aliphatic imine (C=N–C) groups is 1. The number of anilines is 1. The average Bonchev–Trinajstić information content (AvgIpc) is 2.72. The van der Waals surface area contributed by atoms with Crippen LogP contribution in [0.4, 0.5) is 5.82 Å². The molecule has 1 heterocycles. The first-order valence-electron chi connectivity index (χ1n) is 9.80. The molecule has 1 aromatic carbocycles. The number of hydrogen-bond donors (Lipinski definition) is 2. The zero-order valence-electron chi connectivity index (χ0n) is 18.1. The average molecular weight is 545 g/mol. The molecule has 2 aromatic rings. The molecule has 0 spiro atoms. The fraction of sp³-hybridized carbons (Fsp3) is 0.429. The summed E-state index contributed by atoms with van der Waals surface area (Å²) in [6.45, 7) is 7.45. The van der Waals surface area contributed by atoms with E-state index in [4.69, 9.17) is 0 Å². The van der Waals surface area contributed by atoms with Crippen LogP contribution in [0.25, 0.3) is 0 Å². The third kappa shape index (κ3) is 8.10. The largest absolute Gasteiger partial charge is 0.357 e. The second kappa shape index (κ2) is 12.7. The lowest BCUT2D eigenvalue weighted by Crippen LogP contribution is -2.37. The van der Waals surface area contributed by atoms with Crippen LogP contribution in [0.1, 0.15) is 25.0 Å². The molecule has 0 aliphatic heterocycles. The molecular formula is C21H32IN5O2S. The van der Waals surface area contributed by atoms with Gasteiger partial charge in [0.25, 0.3) is 0 Å². The van der Waals surface area contributed by atoms with Crippen LogP contribution in [0.15, 0.2) is 52.5 Å². The van der Waals surface area contributed by atoms with Gasteiger partial charge in [0.15, 0.2) is 15.8 Å². The Morgan fingerprint density at radius 3 is 2.17 bits per heavy atom. The number of benzene rings is 1. The second-order valence-electron chi connectivity index (χ2n) is 6.72. The Kier molecular flexibility index (Phi) is 11.1. The molecule has 1 aromatic heterocycles. The van der Waals surface area contributed by atoms with E-state index in [0.29, 0.717) is 23.9 Å². The molecule has 9 heteroatoms. The number of aromatic nitrogens is 1. The Balaban J connectivity index is 0.00000450. The first-order chi connectivity index (χ1) is 13.9. The molecule has 7 nitrogen and oxygen atoms in total. The molecule has 0 unspecified atom stereocenters. The summed E-state index contributed by atoms with van der Waals surface area (Å²) in [6, 6.07) is 11.1. The number of halogens is 1. The summed E-state index contributed by atoms with van der Waals surface area (Å²) < 4.78 is 23.0. The highest BCUT2D eigenvalue weighted by atomic mass is 127. The Bertz CT molecular complexity index is 896. The fourth-order valence-corrected chi connectivity index (χ4v) is 3.52. The maximum absolute atomic E-state index is 11.5. The van der Waals surface area contributed by atoms with Crippen molar-refractivity contribution in [3.63, 3.8) is 0 Å². The summed E-state index contributed by atoms with van der Waals surface area (Å²) in [7, 11) is -1.42. The highest BCUT2D eigenvalue weighted by molar-refractivity contribution is 14.0. The molecule has 0 aliphatic carbocycles. The molecule has 0 fully saturated rings. The van der Waals surface area contributed by atoms with Gasteiger partial charge < -0.3 is 15.5 Å². The van der Waals surface area contributed by atoms with Crippen LogP contribution in [-0.4, -0.2) is 52.3 Å². The number of rotatable bonds is 9. The lowest BCUT2D eigenvalue weighted by Gasteiger charge is -2.19. The van der Waals surface area contributed by atoms with Gasteiger partial charge in [0.05, 0.1) is 4.90 Å². The van der Waals surface area contributed by atoms with Crippen molar-refractivity contribution in [3.05, 3.63) is 53.7 Å². The van der Waals surface area contributed by atoms with E-state index in [1.807, 2.05) is 24.4 Å². The van der Waals surface area contributed by atoms with Gasteiger partial charge in [-0.05, 0) is 49.6 Å². The zero-order valence-corrected chi connectivity index (χ0v) is 21.2. The minimum Gasteiger partial charge on any atom is -0.357 e. The van der Waals surface area contributed by atoms with E-state index in [2.05, 4.69) is 45.4 Å². The summed E-state index contributed by atoms with van der Waals surface area (Å²) in [5.74, 6) is 1.70. The third-order valence-electron chi connectivity index (χ3n) is 4.64. The van der Waals surface area contributed by atoms with E-state index in [0.717, 1.165) is 36.5 Å². The van der Waals surface area contributed by atoms with Gasteiger partial charge in [0.2, 0.25) is 0 Å². The molecule has 0 aliphatic rings. The van der Waals surface area contributed by atoms with Crippen molar-refractivity contribution in [3.8, 4) is 0 Å². The molecule has 166 valence electrons. The highest BCUT2D eigenvalue weighted by Crippen LogP contribution is 2.11. The van der Waals surface area contributed by atoms with Gasteiger partial charge in [-0.25, -0.2) is 13.4 Å². The van der Waals surface area contributed by atoms with Gasteiger partial charge in [-0.3, -0.25) is 4.99 Å². The molecule has 0 amide bonds. The van der Waals surface area contributed by atoms with Gasteiger partial charge in [-0.1, -0.05) is 18.2 Å². The molecule has 2 N–H and O–H groups in total. The summed E-state index contributed by atoms with van der Waals surface area (Å²) in [4.78, 5) is 11.3. The number of nitrogens with zero attached hydrogens (tertiary/aromatic N) is 3. The normalized spacial score (nSPS) is 11.5. The maximum Gasteiger partial charge on any atom is 0.191 e. The van der Waals surface area contributed by atoms with Crippen molar-refractivity contribution in [1.82, 2.24) is 15.6 Å². The smallest absolute Gasteiger partial charge is 0.191 e. The van der Waals surface area contributed by atoms with E-state index in [1.165, 1.54) is 6.26 Å². The first kappa shape index (κ1) is 26.2. The first-order valence-corrected chi connectivity index (χ1v) is 11.7. The lowest BCUT2D eigenvalue weighted by atomic mass is 10.1. The van der Waals surface area contributed by atoms with Gasteiger partial charge in [-0.15, -0.1) is 24.0 Å². The van der Waals surface area contributed by atoms with Crippen molar-refractivity contribution < 1.29 is 8.42 Å². The summed E-state index contributed by atoms with van der Waals surface area (Å²) in [6.07, 6.45) is 3.87. The van der Waals surface area contributed by atoms with Crippen LogP contribution in [0, 0.1) is 0 Å². The van der Waals surface area contributed by atoms with E-state index >= 15 is 0 Å². The summed E-state index contributed by atoms with van der Waals surface area (Å²) in [5, 5.41) is 6.56. The zero-order chi connectivity index (χ0) is 21.3. The van der Waals surface area contributed by atoms with E-state index in [9.17, 15) is 8.42 Å². The number of pyridine rings is 1. The fourth-order valence-electron chi connectivity index (χ4n) is 2.89. The van der Waals surface area contributed by atoms with Crippen LogP contribution in [0.2, 0.25) is 0 Å².